The molecule has 0 bridgehead atoms. The summed E-state index contributed by atoms with van der Waals surface area (Å²) >= 11 is 0. The number of pyridine rings is 1. The van der Waals surface area contributed by atoms with E-state index < -0.39 is 44.5 Å². The van der Waals surface area contributed by atoms with Crippen LogP contribution < -0.4 is 16.0 Å². The largest absolute Gasteiger partial charge is 0.443 e. The summed E-state index contributed by atoms with van der Waals surface area (Å²) in [5.74, 6) is -0.351. The number of carbonyl (C=O) groups excluding carboxylic acids is 3. The minimum Gasteiger partial charge on any atom is -0.443 e. The van der Waals surface area contributed by atoms with Gasteiger partial charge < -0.3 is 30.5 Å². The number of nitrogen functional groups attached to an aromatic ring is 1. The standard InChI is InChI=1S/C40H49N5O8S/c1-39(2,3)52-37(48)45(38(49)53-40(4,5)6)35-32-15-12-30(23-26(32)17-19-42-35)43-34(27-10-8-9-25(21-27)18-20-46)36(47)44(7)24-28-22-29(41)11-16-33(28)54(50,51)31-13-14-31/h8-12,15-17,19,21-23,31,34,43,46H,13-14,18,20,24,41H2,1-7H3. The first kappa shape index (κ1) is 40.0. The molecular formula is C40H49N5O8S. The number of carbonyl (C=O) groups is 3. The van der Waals surface area contributed by atoms with Crippen molar-refractivity contribution in [2.24, 2.45) is 0 Å². The summed E-state index contributed by atoms with van der Waals surface area (Å²) in [7, 11) is -1.97. The molecular weight excluding hydrogens is 711 g/mol. The number of sulfone groups is 1. The van der Waals surface area contributed by atoms with Crippen LogP contribution in [0.3, 0.4) is 0 Å². The Labute approximate surface area is 316 Å². The van der Waals surface area contributed by atoms with Crippen molar-refractivity contribution in [3.63, 3.8) is 0 Å². The molecule has 4 N–H and O–H groups in total. The van der Waals surface area contributed by atoms with Gasteiger partial charge in [-0.25, -0.2) is 23.0 Å². The van der Waals surface area contributed by atoms with Crippen LogP contribution in [-0.4, -0.2) is 71.6 Å². The number of rotatable bonds is 11. The Hall–Kier alpha value is -5.21. The number of ether oxygens (including phenoxy) is 2. The maximum atomic E-state index is 14.4. The topological polar surface area (TPSA) is 181 Å². The molecule has 1 saturated carbocycles. The van der Waals surface area contributed by atoms with Crippen molar-refractivity contribution in [2.45, 2.75) is 94.7 Å². The van der Waals surface area contributed by atoms with Crippen LogP contribution in [0.15, 0.2) is 77.8 Å². The Morgan fingerprint density at radius 2 is 1.61 bits per heavy atom. The van der Waals surface area contributed by atoms with Gasteiger partial charge >= 0.3 is 12.2 Å². The molecule has 13 nitrogen and oxygen atoms in total. The maximum Gasteiger partial charge on any atom is 0.425 e. The minimum absolute atomic E-state index is 0.00528. The molecule has 1 unspecified atom stereocenters. The van der Waals surface area contributed by atoms with Gasteiger partial charge in [-0.2, -0.15) is 4.90 Å². The quantitative estimate of drug-likeness (QED) is 0.137. The molecule has 1 atom stereocenters. The fourth-order valence-electron chi connectivity index (χ4n) is 5.92. The van der Waals surface area contributed by atoms with Crippen molar-refractivity contribution < 1.29 is 37.4 Å². The Balaban J connectivity index is 1.52. The number of aliphatic hydroxyl groups excluding tert-OH is 1. The first-order valence-electron chi connectivity index (χ1n) is 17.8. The van der Waals surface area contributed by atoms with Crippen LogP contribution in [-0.2, 0) is 37.1 Å². The van der Waals surface area contributed by atoms with Crippen molar-refractivity contribution in [3.8, 4) is 0 Å². The van der Waals surface area contributed by atoms with E-state index in [1.807, 2.05) is 12.1 Å². The van der Waals surface area contributed by atoms with Crippen LogP contribution in [0.1, 0.15) is 77.1 Å². The lowest BCUT2D eigenvalue weighted by Crippen LogP contribution is -2.44. The summed E-state index contributed by atoms with van der Waals surface area (Å²) in [5.41, 5.74) is 7.04. The first-order chi connectivity index (χ1) is 25.3. The number of hydrogen-bond donors (Lipinski definition) is 3. The molecule has 1 aliphatic carbocycles. The van der Waals surface area contributed by atoms with Crippen LogP contribution >= 0.6 is 0 Å². The number of nitrogens with zero attached hydrogens (tertiary/aromatic N) is 3. The molecule has 1 heterocycles. The molecule has 1 fully saturated rings. The first-order valence-corrected chi connectivity index (χ1v) is 19.3. The van der Waals surface area contributed by atoms with E-state index in [1.54, 1.807) is 97.1 Å². The Morgan fingerprint density at radius 1 is 0.944 bits per heavy atom. The molecule has 54 heavy (non-hydrogen) atoms. The third-order valence-electron chi connectivity index (χ3n) is 8.49. The Morgan fingerprint density at radius 3 is 2.22 bits per heavy atom. The maximum absolute atomic E-state index is 14.4. The van der Waals surface area contributed by atoms with Crippen molar-refractivity contribution in [1.82, 2.24) is 9.88 Å². The van der Waals surface area contributed by atoms with E-state index in [0.29, 0.717) is 52.5 Å². The number of hydrogen-bond acceptors (Lipinski definition) is 11. The number of benzene rings is 3. The third kappa shape index (κ3) is 9.66. The molecule has 1 aliphatic rings. The summed E-state index contributed by atoms with van der Waals surface area (Å²) in [6, 6.07) is 17.9. The molecule has 14 heteroatoms. The molecule has 5 rings (SSSR count). The fraction of sp³-hybridized carbons (Fsp3) is 0.400. The molecule has 0 radical (unpaired) electrons. The summed E-state index contributed by atoms with van der Waals surface area (Å²) in [4.78, 5) is 48.0. The normalized spacial score (nSPS) is 13.9. The highest BCUT2D eigenvalue weighted by Gasteiger charge is 2.39. The number of imide groups is 1. The van der Waals surface area contributed by atoms with Crippen LogP contribution in [0.5, 0.6) is 0 Å². The number of nitrogens with two attached hydrogens (primary N) is 1. The van der Waals surface area contributed by atoms with Crippen molar-refractivity contribution in [2.75, 3.05) is 29.6 Å². The highest BCUT2D eigenvalue weighted by atomic mass is 32.2. The molecule has 0 aliphatic heterocycles. The molecule has 1 aromatic heterocycles. The number of amides is 3. The molecule has 288 valence electrons. The van der Waals surface area contributed by atoms with Crippen LogP contribution in [0, 0.1) is 0 Å². The monoisotopic (exact) mass is 759 g/mol. The van der Waals surface area contributed by atoms with Gasteiger partial charge in [-0.3, -0.25) is 4.79 Å². The predicted octanol–water partition coefficient (Wildman–Crippen LogP) is 6.78. The van der Waals surface area contributed by atoms with Crippen LogP contribution in [0.4, 0.5) is 26.8 Å². The van der Waals surface area contributed by atoms with E-state index in [-0.39, 0.29) is 29.8 Å². The van der Waals surface area contributed by atoms with E-state index in [4.69, 9.17) is 15.2 Å². The number of aliphatic hydroxyl groups is 1. The lowest BCUT2D eigenvalue weighted by molar-refractivity contribution is -0.131. The molecule has 3 aromatic carbocycles. The van der Waals surface area contributed by atoms with E-state index in [1.165, 1.54) is 17.2 Å². The van der Waals surface area contributed by atoms with E-state index in [0.717, 1.165) is 10.5 Å². The van der Waals surface area contributed by atoms with Gasteiger partial charge in [0.1, 0.15) is 17.2 Å². The van der Waals surface area contributed by atoms with Gasteiger partial charge in [0.15, 0.2) is 15.7 Å². The summed E-state index contributed by atoms with van der Waals surface area (Å²) in [6.45, 7) is 10.0. The zero-order chi connectivity index (χ0) is 39.6. The summed E-state index contributed by atoms with van der Waals surface area (Å²) in [6.07, 6.45) is 1.12. The van der Waals surface area contributed by atoms with Crippen molar-refractivity contribution in [1.29, 1.82) is 0 Å². The lowest BCUT2D eigenvalue weighted by atomic mass is 10.0. The lowest BCUT2D eigenvalue weighted by Gasteiger charge is -2.28. The van der Waals surface area contributed by atoms with Crippen LogP contribution in [0.2, 0.25) is 0 Å². The van der Waals surface area contributed by atoms with Gasteiger partial charge in [-0.15, -0.1) is 0 Å². The van der Waals surface area contributed by atoms with Gasteiger partial charge in [0.05, 0.1) is 10.1 Å². The van der Waals surface area contributed by atoms with Crippen molar-refractivity contribution in [3.05, 3.63) is 89.6 Å². The average molecular weight is 760 g/mol. The second-order valence-electron chi connectivity index (χ2n) is 15.5. The second kappa shape index (κ2) is 15.6. The highest BCUT2D eigenvalue weighted by Crippen LogP contribution is 2.36. The number of likely N-dealkylation sites (N-methyl/N-ethyl adjacent to an activating group) is 1. The SMILES string of the molecule is CN(Cc1cc(N)ccc1S(=O)(=O)C1CC1)C(=O)C(Nc1ccc2c(N(C(=O)OC(C)(C)C)C(=O)OC(C)(C)C)nccc2c1)c1cccc(CCO)c1. The average Bonchev–Trinajstić information content (AvgIpc) is 3.92. The highest BCUT2D eigenvalue weighted by molar-refractivity contribution is 7.92. The predicted molar refractivity (Wildman–Crippen MR) is 208 cm³/mol. The molecule has 4 aromatic rings. The fourth-order valence-corrected chi connectivity index (χ4v) is 7.78. The molecule has 0 saturated heterocycles. The zero-order valence-electron chi connectivity index (χ0n) is 31.8. The van der Waals surface area contributed by atoms with Crippen molar-refractivity contribution >= 4 is 55.9 Å². The minimum atomic E-state index is -3.58. The summed E-state index contributed by atoms with van der Waals surface area (Å²) in [5, 5.41) is 13.6. The van der Waals surface area contributed by atoms with Gasteiger partial charge in [-0.1, -0.05) is 24.3 Å². The van der Waals surface area contributed by atoms with E-state index >= 15 is 0 Å². The Bertz CT molecular complexity index is 2130. The Kier molecular flexibility index (Phi) is 11.6. The third-order valence-corrected chi connectivity index (χ3v) is 10.8. The summed E-state index contributed by atoms with van der Waals surface area (Å²) < 4.78 is 37.7. The molecule has 3 amide bonds. The smallest absolute Gasteiger partial charge is 0.425 e. The number of aromatic nitrogens is 1. The number of anilines is 3. The second-order valence-corrected chi connectivity index (χ2v) is 17.7. The number of fused-ring (bicyclic) bond motifs is 1. The van der Waals surface area contributed by atoms with Crippen LogP contribution in [0.25, 0.3) is 10.8 Å². The zero-order valence-corrected chi connectivity index (χ0v) is 32.6. The van der Waals surface area contributed by atoms with E-state index in [2.05, 4.69) is 10.3 Å². The molecule has 0 spiro atoms. The van der Waals surface area contributed by atoms with Gasteiger partial charge in [0.2, 0.25) is 5.91 Å². The number of nitrogens with one attached hydrogen (secondary N) is 1. The van der Waals surface area contributed by atoms with Gasteiger partial charge in [-0.05, 0) is 125 Å². The van der Waals surface area contributed by atoms with Gasteiger partial charge in [0.25, 0.3) is 0 Å². The van der Waals surface area contributed by atoms with Gasteiger partial charge in [0, 0.05) is 43.2 Å². The van der Waals surface area contributed by atoms with E-state index in [9.17, 15) is 27.9 Å².